The molecule has 0 atom stereocenters. The highest BCUT2D eigenvalue weighted by Crippen LogP contribution is 2.31. The second kappa shape index (κ2) is 9.82. The molecule has 1 heterocycles. The van der Waals surface area contributed by atoms with Gasteiger partial charge in [0.1, 0.15) is 17.2 Å². The van der Waals surface area contributed by atoms with Gasteiger partial charge in [-0.2, -0.15) is 0 Å². The van der Waals surface area contributed by atoms with E-state index in [0.717, 1.165) is 18.6 Å². The molecular formula is C23H25NO6. The lowest BCUT2D eigenvalue weighted by Crippen LogP contribution is -2.16. The van der Waals surface area contributed by atoms with Crippen molar-refractivity contribution in [3.05, 3.63) is 58.5 Å². The van der Waals surface area contributed by atoms with Crippen LogP contribution >= 0.6 is 0 Å². The average Bonchev–Trinajstić information content (AvgIpc) is 2.76. The third-order valence-electron chi connectivity index (χ3n) is 4.43. The third kappa shape index (κ3) is 4.92. The second-order valence-corrected chi connectivity index (χ2v) is 6.80. The molecule has 0 bridgehead atoms. The summed E-state index contributed by atoms with van der Waals surface area (Å²) in [4.78, 5) is 27.0. The van der Waals surface area contributed by atoms with Gasteiger partial charge in [-0.25, -0.2) is 4.79 Å². The summed E-state index contributed by atoms with van der Waals surface area (Å²) in [5.41, 5.74) is -0.757. The minimum absolute atomic E-state index is 0.210. The highest BCUT2D eigenvalue weighted by atomic mass is 16.5. The summed E-state index contributed by atoms with van der Waals surface area (Å²) in [6.07, 6.45) is 2.48. The van der Waals surface area contributed by atoms with Crippen molar-refractivity contribution in [2.45, 2.75) is 33.1 Å². The SMILES string of the molecule is CCCCOC(=O)c1[nH]c(=O)c2ccc(Oc3ccc(OCCC)cc3)cc2c1O. The van der Waals surface area contributed by atoms with Crippen LogP contribution in [-0.2, 0) is 4.74 Å². The monoisotopic (exact) mass is 411 g/mol. The fraction of sp³-hybridized carbons (Fsp3) is 0.304. The Kier molecular flexibility index (Phi) is 6.95. The van der Waals surface area contributed by atoms with Crippen LogP contribution in [0.3, 0.4) is 0 Å². The van der Waals surface area contributed by atoms with Gasteiger partial charge in [0.05, 0.1) is 18.6 Å². The smallest absolute Gasteiger partial charge is 0.358 e. The molecule has 0 aliphatic heterocycles. The van der Waals surface area contributed by atoms with E-state index in [0.29, 0.717) is 24.5 Å². The number of hydrogen-bond donors (Lipinski definition) is 2. The van der Waals surface area contributed by atoms with Crippen LogP contribution in [0.4, 0.5) is 0 Å². The molecule has 0 fully saturated rings. The minimum Gasteiger partial charge on any atom is -0.505 e. The molecule has 0 unspecified atom stereocenters. The lowest BCUT2D eigenvalue weighted by Gasteiger charge is -2.11. The van der Waals surface area contributed by atoms with Gasteiger partial charge >= 0.3 is 5.97 Å². The summed E-state index contributed by atoms with van der Waals surface area (Å²) in [5.74, 6) is 0.615. The number of pyridine rings is 1. The van der Waals surface area contributed by atoms with Crippen LogP contribution in [0.25, 0.3) is 10.8 Å². The number of aromatic amines is 1. The molecule has 0 amide bonds. The van der Waals surface area contributed by atoms with E-state index in [1.807, 2.05) is 13.8 Å². The van der Waals surface area contributed by atoms with Crippen LogP contribution < -0.4 is 15.0 Å². The van der Waals surface area contributed by atoms with Crippen LogP contribution in [0.2, 0.25) is 0 Å². The van der Waals surface area contributed by atoms with Crippen LogP contribution in [0.15, 0.2) is 47.3 Å². The Morgan fingerprint density at radius 1 is 0.933 bits per heavy atom. The number of benzene rings is 2. The van der Waals surface area contributed by atoms with Gasteiger partial charge in [0, 0.05) is 5.39 Å². The summed E-state index contributed by atoms with van der Waals surface area (Å²) in [7, 11) is 0. The first-order valence-corrected chi connectivity index (χ1v) is 10.00. The van der Waals surface area contributed by atoms with E-state index in [2.05, 4.69) is 4.98 Å². The van der Waals surface area contributed by atoms with Gasteiger partial charge < -0.3 is 24.3 Å². The molecule has 2 aromatic carbocycles. The van der Waals surface area contributed by atoms with Crippen molar-refractivity contribution >= 4 is 16.7 Å². The maximum Gasteiger partial charge on any atom is 0.358 e. The molecule has 7 heteroatoms. The number of carbonyl (C=O) groups is 1. The maximum absolute atomic E-state index is 12.4. The number of H-pyrrole nitrogens is 1. The van der Waals surface area contributed by atoms with Gasteiger partial charge in [-0.05, 0) is 55.3 Å². The third-order valence-corrected chi connectivity index (χ3v) is 4.43. The van der Waals surface area contributed by atoms with Gasteiger partial charge in [0.25, 0.3) is 5.56 Å². The Morgan fingerprint density at radius 2 is 1.63 bits per heavy atom. The van der Waals surface area contributed by atoms with E-state index in [9.17, 15) is 14.7 Å². The van der Waals surface area contributed by atoms with Crippen LogP contribution in [0.1, 0.15) is 43.6 Å². The molecular weight excluding hydrogens is 386 g/mol. The Morgan fingerprint density at radius 3 is 2.33 bits per heavy atom. The quantitative estimate of drug-likeness (QED) is 0.389. The number of esters is 1. The number of rotatable bonds is 9. The molecule has 0 aliphatic rings. The van der Waals surface area contributed by atoms with Crippen molar-refractivity contribution in [1.29, 1.82) is 0 Å². The largest absolute Gasteiger partial charge is 0.505 e. The molecule has 3 rings (SSSR count). The Labute approximate surface area is 174 Å². The van der Waals surface area contributed by atoms with Crippen molar-refractivity contribution in [3.63, 3.8) is 0 Å². The molecule has 0 radical (unpaired) electrons. The van der Waals surface area contributed by atoms with Crippen molar-refractivity contribution < 1.29 is 24.1 Å². The second-order valence-electron chi connectivity index (χ2n) is 6.80. The Balaban J connectivity index is 1.86. The molecule has 0 saturated carbocycles. The molecule has 7 nitrogen and oxygen atoms in total. The van der Waals surface area contributed by atoms with E-state index >= 15 is 0 Å². The Bertz CT molecular complexity index is 1070. The van der Waals surface area contributed by atoms with Crippen LogP contribution in [0.5, 0.6) is 23.0 Å². The van der Waals surface area contributed by atoms with Crippen LogP contribution in [0, 0.1) is 0 Å². The Hall–Kier alpha value is -3.48. The number of aromatic nitrogens is 1. The predicted molar refractivity (Wildman–Crippen MR) is 114 cm³/mol. The summed E-state index contributed by atoms with van der Waals surface area (Å²) in [6.45, 7) is 4.86. The van der Waals surface area contributed by atoms with Gasteiger partial charge in [0.2, 0.25) is 0 Å². The molecule has 0 aliphatic carbocycles. The minimum atomic E-state index is -0.770. The van der Waals surface area contributed by atoms with E-state index in [4.69, 9.17) is 14.2 Å². The highest BCUT2D eigenvalue weighted by molar-refractivity contribution is 5.99. The van der Waals surface area contributed by atoms with Gasteiger partial charge in [-0.1, -0.05) is 20.3 Å². The normalized spacial score (nSPS) is 10.7. The molecule has 30 heavy (non-hydrogen) atoms. The maximum atomic E-state index is 12.4. The van der Waals surface area contributed by atoms with Crippen molar-refractivity contribution in [3.8, 4) is 23.0 Å². The lowest BCUT2D eigenvalue weighted by molar-refractivity contribution is 0.0489. The topological polar surface area (TPSA) is 97.9 Å². The molecule has 158 valence electrons. The van der Waals surface area contributed by atoms with E-state index in [1.54, 1.807) is 30.3 Å². The van der Waals surface area contributed by atoms with Crippen molar-refractivity contribution in [2.24, 2.45) is 0 Å². The fourth-order valence-corrected chi connectivity index (χ4v) is 2.84. The molecule has 1 aromatic heterocycles. The number of hydrogen-bond acceptors (Lipinski definition) is 6. The average molecular weight is 411 g/mol. The number of unbranched alkanes of at least 4 members (excludes halogenated alkanes) is 1. The lowest BCUT2D eigenvalue weighted by atomic mass is 10.1. The predicted octanol–water partition coefficient (Wildman–Crippen LogP) is 4.77. The van der Waals surface area contributed by atoms with Crippen LogP contribution in [-0.4, -0.2) is 29.3 Å². The van der Waals surface area contributed by atoms with Gasteiger partial charge in [-0.3, -0.25) is 4.79 Å². The van der Waals surface area contributed by atoms with E-state index in [1.165, 1.54) is 12.1 Å². The number of carbonyl (C=O) groups excluding carboxylic acids is 1. The molecule has 2 N–H and O–H groups in total. The fourth-order valence-electron chi connectivity index (χ4n) is 2.84. The number of aromatic hydroxyl groups is 1. The number of fused-ring (bicyclic) bond motifs is 1. The zero-order chi connectivity index (χ0) is 21.5. The first kappa shape index (κ1) is 21.2. The standard InChI is InChI=1S/C23H25NO6/c1-3-5-13-29-23(27)20-21(25)19-14-17(10-11-18(19)22(26)24-20)30-16-8-6-15(7-9-16)28-12-4-2/h6-11,14,25H,3-5,12-13H2,1-2H3,(H,24,26). The highest BCUT2D eigenvalue weighted by Gasteiger charge is 2.19. The van der Waals surface area contributed by atoms with E-state index < -0.39 is 11.5 Å². The number of ether oxygens (including phenoxy) is 3. The summed E-state index contributed by atoms with van der Waals surface area (Å²) >= 11 is 0. The number of nitrogens with one attached hydrogen (secondary N) is 1. The first-order chi connectivity index (χ1) is 14.5. The summed E-state index contributed by atoms with van der Waals surface area (Å²) < 4.78 is 16.5. The van der Waals surface area contributed by atoms with Gasteiger partial charge in [-0.15, -0.1) is 0 Å². The zero-order valence-electron chi connectivity index (χ0n) is 17.1. The van der Waals surface area contributed by atoms with Crippen molar-refractivity contribution in [1.82, 2.24) is 4.98 Å². The molecule has 0 spiro atoms. The van der Waals surface area contributed by atoms with Crippen molar-refractivity contribution in [2.75, 3.05) is 13.2 Å². The van der Waals surface area contributed by atoms with E-state index in [-0.39, 0.29) is 28.8 Å². The summed E-state index contributed by atoms with van der Waals surface area (Å²) in [6, 6.07) is 11.8. The molecule has 3 aromatic rings. The first-order valence-electron chi connectivity index (χ1n) is 10.00. The zero-order valence-corrected chi connectivity index (χ0v) is 17.1. The van der Waals surface area contributed by atoms with Gasteiger partial charge in [0.15, 0.2) is 11.4 Å². The summed E-state index contributed by atoms with van der Waals surface area (Å²) in [5, 5.41) is 11.0. The molecule has 0 saturated heterocycles.